The maximum absolute atomic E-state index is 13.1. The summed E-state index contributed by atoms with van der Waals surface area (Å²) < 4.78 is 14.1. The molecule has 0 aliphatic heterocycles. The maximum atomic E-state index is 13.1. The van der Waals surface area contributed by atoms with E-state index in [1.807, 2.05) is 17.8 Å². The van der Waals surface area contributed by atoms with Gasteiger partial charge in [-0.3, -0.25) is 4.98 Å². The van der Waals surface area contributed by atoms with Crippen molar-refractivity contribution in [1.82, 2.24) is 4.98 Å². The predicted octanol–water partition coefficient (Wildman–Crippen LogP) is 3.74. The van der Waals surface area contributed by atoms with Crippen LogP contribution in [0.4, 0.5) is 4.39 Å². The van der Waals surface area contributed by atoms with Gasteiger partial charge < -0.3 is 5.73 Å². The minimum atomic E-state index is -0.202. The van der Waals surface area contributed by atoms with E-state index in [1.165, 1.54) is 10.9 Å². The van der Waals surface area contributed by atoms with E-state index in [2.05, 4.69) is 4.98 Å². The van der Waals surface area contributed by atoms with E-state index in [0.717, 1.165) is 21.4 Å². The van der Waals surface area contributed by atoms with Crippen LogP contribution in [-0.2, 0) is 6.42 Å². The van der Waals surface area contributed by atoms with Gasteiger partial charge in [-0.25, -0.2) is 4.39 Å². The van der Waals surface area contributed by atoms with Crippen molar-refractivity contribution in [1.29, 1.82) is 0 Å². The molecule has 3 aromatic rings. The molecule has 0 saturated carbocycles. The summed E-state index contributed by atoms with van der Waals surface area (Å²) in [6, 6.07) is 6.83. The van der Waals surface area contributed by atoms with Crippen LogP contribution in [-0.4, -0.2) is 4.98 Å². The standard InChI is InChI=1S/C13H11FN2S2/c14-9-2-1-8-3-13(18-12(8)4-9)11(15)5-10-6-16-7-17-10/h1-4,6-7,11H,5,15H2. The van der Waals surface area contributed by atoms with Gasteiger partial charge >= 0.3 is 0 Å². The van der Waals surface area contributed by atoms with Gasteiger partial charge in [0.2, 0.25) is 0 Å². The van der Waals surface area contributed by atoms with Gasteiger partial charge in [-0.2, -0.15) is 0 Å². The second-order valence-electron chi connectivity index (χ2n) is 4.11. The third-order valence-corrected chi connectivity index (χ3v) is 4.80. The first-order valence-electron chi connectivity index (χ1n) is 5.54. The molecular weight excluding hydrogens is 267 g/mol. The lowest BCUT2D eigenvalue weighted by Crippen LogP contribution is -2.10. The zero-order valence-electron chi connectivity index (χ0n) is 9.47. The molecular formula is C13H11FN2S2. The fourth-order valence-electron chi connectivity index (χ4n) is 1.87. The van der Waals surface area contributed by atoms with E-state index >= 15 is 0 Å². The molecule has 18 heavy (non-hydrogen) atoms. The largest absolute Gasteiger partial charge is 0.323 e. The van der Waals surface area contributed by atoms with Gasteiger partial charge in [0.25, 0.3) is 0 Å². The van der Waals surface area contributed by atoms with E-state index < -0.39 is 0 Å². The molecule has 0 aliphatic rings. The molecule has 3 rings (SSSR count). The summed E-state index contributed by atoms with van der Waals surface area (Å²) in [5.41, 5.74) is 7.99. The molecule has 1 unspecified atom stereocenters. The van der Waals surface area contributed by atoms with Gasteiger partial charge in [0.1, 0.15) is 5.82 Å². The summed E-state index contributed by atoms with van der Waals surface area (Å²) in [7, 11) is 0. The number of rotatable bonds is 3. The number of hydrogen-bond donors (Lipinski definition) is 1. The highest BCUT2D eigenvalue weighted by Crippen LogP contribution is 2.31. The number of aromatic nitrogens is 1. The van der Waals surface area contributed by atoms with Gasteiger partial charge in [-0.05, 0) is 23.6 Å². The van der Waals surface area contributed by atoms with Crippen molar-refractivity contribution in [3.8, 4) is 0 Å². The molecule has 2 heterocycles. The van der Waals surface area contributed by atoms with Gasteiger partial charge in [0.15, 0.2) is 0 Å². The summed E-state index contributed by atoms with van der Waals surface area (Å²) in [4.78, 5) is 6.30. The van der Waals surface area contributed by atoms with Crippen LogP contribution in [0.15, 0.2) is 36.0 Å². The number of benzene rings is 1. The quantitative estimate of drug-likeness (QED) is 0.792. The Hall–Kier alpha value is -1.30. The van der Waals surface area contributed by atoms with Crippen molar-refractivity contribution in [2.24, 2.45) is 5.73 Å². The number of nitrogens with two attached hydrogens (primary N) is 1. The van der Waals surface area contributed by atoms with Crippen LogP contribution < -0.4 is 5.73 Å². The van der Waals surface area contributed by atoms with E-state index in [1.54, 1.807) is 34.8 Å². The highest BCUT2D eigenvalue weighted by atomic mass is 32.1. The smallest absolute Gasteiger partial charge is 0.124 e. The molecule has 0 fully saturated rings. The first-order chi connectivity index (χ1) is 8.72. The van der Waals surface area contributed by atoms with Crippen LogP contribution in [0.25, 0.3) is 10.1 Å². The zero-order chi connectivity index (χ0) is 12.5. The molecule has 1 atom stereocenters. The number of fused-ring (bicyclic) bond motifs is 1. The number of nitrogens with zero attached hydrogens (tertiary/aromatic N) is 1. The monoisotopic (exact) mass is 278 g/mol. The first-order valence-corrected chi connectivity index (χ1v) is 7.24. The number of thiophene rings is 1. The van der Waals surface area contributed by atoms with Gasteiger partial charge in [-0.1, -0.05) is 6.07 Å². The van der Waals surface area contributed by atoms with Crippen LogP contribution in [0.5, 0.6) is 0 Å². The Morgan fingerprint density at radius 3 is 3.00 bits per heavy atom. The average Bonchev–Trinajstić information content (AvgIpc) is 2.96. The summed E-state index contributed by atoms with van der Waals surface area (Å²) >= 11 is 3.17. The van der Waals surface area contributed by atoms with Gasteiger partial charge in [-0.15, -0.1) is 22.7 Å². The van der Waals surface area contributed by atoms with Crippen LogP contribution in [0.2, 0.25) is 0 Å². The molecule has 2 N–H and O–H groups in total. The van der Waals surface area contributed by atoms with E-state index in [0.29, 0.717) is 0 Å². The lowest BCUT2D eigenvalue weighted by atomic mass is 10.1. The topological polar surface area (TPSA) is 38.9 Å². The molecule has 5 heteroatoms. The van der Waals surface area contributed by atoms with Crippen molar-refractivity contribution in [2.75, 3.05) is 0 Å². The van der Waals surface area contributed by atoms with Gasteiger partial charge in [0.05, 0.1) is 5.51 Å². The minimum absolute atomic E-state index is 0.0501. The molecule has 2 nitrogen and oxygen atoms in total. The maximum Gasteiger partial charge on any atom is 0.124 e. The third kappa shape index (κ3) is 2.29. The number of hydrogen-bond acceptors (Lipinski definition) is 4. The Morgan fingerprint density at radius 1 is 1.33 bits per heavy atom. The second kappa shape index (κ2) is 4.76. The number of halogens is 1. The van der Waals surface area contributed by atoms with Crippen molar-refractivity contribution < 1.29 is 4.39 Å². The Balaban J connectivity index is 1.89. The third-order valence-electron chi connectivity index (χ3n) is 2.77. The SMILES string of the molecule is NC(Cc1cncs1)c1cc2ccc(F)cc2s1. The normalized spacial score (nSPS) is 13.0. The second-order valence-corrected chi connectivity index (χ2v) is 6.20. The molecule has 0 saturated heterocycles. The molecule has 0 amide bonds. The highest BCUT2D eigenvalue weighted by molar-refractivity contribution is 7.19. The van der Waals surface area contributed by atoms with E-state index in [4.69, 9.17) is 5.73 Å². The molecule has 2 aromatic heterocycles. The summed E-state index contributed by atoms with van der Waals surface area (Å²) in [5.74, 6) is -0.202. The Morgan fingerprint density at radius 2 is 2.22 bits per heavy atom. The summed E-state index contributed by atoms with van der Waals surface area (Å²) in [6.07, 6.45) is 2.62. The minimum Gasteiger partial charge on any atom is -0.323 e. The Labute approximate surface area is 112 Å². The molecule has 0 spiro atoms. The van der Waals surface area contributed by atoms with Crippen LogP contribution in [0.1, 0.15) is 15.8 Å². The molecule has 0 radical (unpaired) electrons. The van der Waals surface area contributed by atoms with Crippen molar-refractivity contribution >= 4 is 32.8 Å². The molecule has 0 bridgehead atoms. The number of thiazole rings is 1. The molecule has 92 valence electrons. The summed E-state index contributed by atoms with van der Waals surface area (Å²) in [5, 5.41) is 1.05. The van der Waals surface area contributed by atoms with Crippen molar-refractivity contribution in [2.45, 2.75) is 12.5 Å². The Bertz CT molecular complexity index is 661. The van der Waals surface area contributed by atoms with Crippen LogP contribution >= 0.6 is 22.7 Å². The Kier molecular flexibility index (Phi) is 3.11. The lowest BCUT2D eigenvalue weighted by molar-refractivity contribution is 0.630. The summed E-state index contributed by atoms with van der Waals surface area (Å²) in [6.45, 7) is 0. The van der Waals surface area contributed by atoms with Crippen LogP contribution in [0, 0.1) is 5.82 Å². The molecule has 0 aliphatic carbocycles. The molecule has 1 aromatic carbocycles. The lowest BCUT2D eigenvalue weighted by Gasteiger charge is -2.06. The van der Waals surface area contributed by atoms with Crippen LogP contribution in [0.3, 0.4) is 0 Å². The highest BCUT2D eigenvalue weighted by Gasteiger charge is 2.12. The fraction of sp³-hybridized carbons (Fsp3) is 0.154. The van der Waals surface area contributed by atoms with E-state index in [9.17, 15) is 4.39 Å². The van der Waals surface area contributed by atoms with Gasteiger partial charge in [0, 0.05) is 33.1 Å². The van der Waals surface area contributed by atoms with Crippen molar-refractivity contribution in [3.05, 3.63) is 51.5 Å². The first kappa shape index (κ1) is 11.8. The fourth-order valence-corrected chi connectivity index (χ4v) is 3.61. The zero-order valence-corrected chi connectivity index (χ0v) is 11.1. The predicted molar refractivity (Wildman–Crippen MR) is 74.5 cm³/mol. The van der Waals surface area contributed by atoms with Crippen molar-refractivity contribution in [3.63, 3.8) is 0 Å². The average molecular weight is 278 g/mol. The van der Waals surface area contributed by atoms with E-state index in [-0.39, 0.29) is 11.9 Å².